The van der Waals surface area contributed by atoms with Crippen molar-refractivity contribution in [1.82, 2.24) is 4.90 Å². The van der Waals surface area contributed by atoms with Gasteiger partial charge in [-0.1, -0.05) is 29.5 Å². The molecule has 1 aliphatic rings. The fraction of sp³-hybridized carbons (Fsp3) is 0.143. The topological polar surface area (TPSA) is 3.24 Å². The molecule has 0 amide bonds. The minimum absolute atomic E-state index is 0. The summed E-state index contributed by atoms with van der Waals surface area (Å²) in [5.41, 5.74) is 3.01. The molecule has 1 nitrogen and oxygen atoms in total. The molecule has 1 heterocycles. The Labute approximate surface area is 127 Å². The van der Waals surface area contributed by atoms with Crippen LogP contribution in [0.25, 0.3) is 5.70 Å². The number of hydrogen-bond donors (Lipinski definition) is 0. The summed E-state index contributed by atoms with van der Waals surface area (Å²) in [5, 5.41) is 0. The molecule has 0 bridgehead atoms. The summed E-state index contributed by atoms with van der Waals surface area (Å²) in [4.78, 5) is 1.83. The molecule has 0 saturated heterocycles. The number of nitrogens with zero attached hydrogens (tertiary/aromatic N) is 1. The second-order valence-corrected chi connectivity index (χ2v) is 3.86. The average Bonchev–Trinajstić information content (AvgIpc) is 2.23. The third-order valence-electron chi connectivity index (χ3n) is 2.64. The van der Waals surface area contributed by atoms with Gasteiger partial charge in [-0.3, -0.25) is 0 Å². The van der Waals surface area contributed by atoms with Crippen molar-refractivity contribution >= 4 is 5.70 Å². The van der Waals surface area contributed by atoms with Crippen LogP contribution in [-0.4, -0.2) is 11.9 Å². The Kier molecular flexibility index (Phi) is 4.84. The van der Waals surface area contributed by atoms with Crippen molar-refractivity contribution in [2.75, 3.05) is 7.05 Å². The fourth-order valence-electron chi connectivity index (χ4n) is 1.64. The van der Waals surface area contributed by atoms with Crippen LogP contribution in [0.5, 0.6) is 0 Å². The number of benzene rings is 1. The van der Waals surface area contributed by atoms with Crippen LogP contribution in [-0.2, 0) is 32.7 Å². The summed E-state index contributed by atoms with van der Waals surface area (Å²) in [7, 11) is 1.85. The van der Waals surface area contributed by atoms with Crippen LogP contribution in [0.2, 0.25) is 0 Å². The second kappa shape index (κ2) is 5.75. The molecule has 0 unspecified atom stereocenters. The minimum Gasteiger partial charge on any atom is -0.379 e. The van der Waals surface area contributed by atoms with E-state index in [9.17, 15) is 4.39 Å². The molecule has 1 aliphatic heterocycles. The number of likely N-dealkylation sites (N-methyl/N-ethyl adjacent to an activating group) is 1. The van der Waals surface area contributed by atoms with Gasteiger partial charge >= 0.3 is 0 Å². The molecule has 0 spiro atoms. The first-order valence-electron chi connectivity index (χ1n) is 5.09. The van der Waals surface area contributed by atoms with Gasteiger partial charge in [0.25, 0.3) is 0 Å². The van der Waals surface area contributed by atoms with E-state index in [1.54, 1.807) is 12.1 Å². The Bertz CT molecular complexity index is 503. The van der Waals surface area contributed by atoms with Crippen molar-refractivity contribution in [3.63, 3.8) is 0 Å². The number of rotatable bonds is 1. The quantitative estimate of drug-likeness (QED) is 0.720. The number of hydrogen-bond acceptors (Lipinski definition) is 1. The molecule has 1 aromatic carbocycles. The second-order valence-electron chi connectivity index (χ2n) is 3.86. The third kappa shape index (κ3) is 2.94. The Morgan fingerprint density at radius 1 is 1.35 bits per heavy atom. The van der Waals surface area contributed by atoms with Gasteiger partial charge in [-0.05, 0) is 18.7 Å². The summed E-state index contributed by atoms with van der Waals surface area (Å²) < 4.78 is 13.8. The molecular formula is C14H13FNY-. The summed E-state index contributed by atoms with van der Waals surface area (Å²) in [6, 6.07) is 5.19. The van der Waals surface area contributed by atoms with E-state index in [1.807, 2.05) is 31.0 Å². The van der Waals surface area contributed by atoms with Gasteiger partial charge in [-0.15, -0.1) is 12.1 Å². The summed E-state index contributed by atoms with van der Waals surface area (Å²) >= 11 is 0. The molecule has 2 rings (SSSR count). The standard InChI is InChI=1S/C14H13FN.Y/c1-10-7-8-12(13(15)9-10)14-6-4-5-11(2)16(14)3;/h4-5,7-9H,2H2,1,3H3;/q-1;. The Hall–Kier alpha value is -0.726. The molecule has 0 saturated carbocycles. The zero-order valence-corrected chi connectivity index (χ0v) is 12.8. The molecule has 1 radical (unpaired) electrons. The number of halogens is 1. The smallest absolute Gasteiger partial charge is 0.0784 e. The Morgan fingerprint density at radius 3 is 2.71 bits per heavy atom. The van der Waals surface area contributed by atoms with Crippen LogP contribution in [0.3, 0.4) is 0 Å². The average molecular weight is 303 g/mol. The van der Waals surface area contributed by atoms with Crippen molar-refractivity contribution in [2.45, 2.75) is 6.92 Å². The van der Waals surface area contributed by atoms with Gasteiger partial charge in [0.15, 0.2) is 0 Å². The van der Waals surface area contributed by atoms with Gasteiger partial charge in [0.1, 0.15) is 0 Å². The van der Waals surface area contributed by atoms with E-state index >= 15 is 0 Å². The van der Waals surface area contributed by atoms with E-state index < -0.39 is 0 Å². The molecule has 0 fully saturated rings. The van der Waals surface area contributed by atoms with Gasteiger partial charge in [-0.2, -0.15) is 12.2 Å². The molecule has 3 heteroatoms. The predicted molar refractivity (Wildman–Crippen MR) is 63.8 cm³/mol. The van der Waals surface area contributed by atoms with E-state index in [4.69, 9.17) is 0 Å². The van der Waals surface area contributed by atoms with E-state index in [0.717, 1.165) is 11.3 Å². The number of aryl methyl sites for hydroxylation is 1. The van der Waals surface area contributed by atoms with Crippen molar-refractivity contribution in [1.29, 1.82) is 0 Å². The first-order valence-corrected chi connectivity index (χ1v) is 5.09. The molecule has 0 atom stereocenters. The normalized spacial score (nSPS) is 14.4. The molecule has 1 aromatic rings. The maximum Gasteiger partial charge on any atom is 0.0784 e. The summed E-state index contributed by atoms with van der Waals surface area (Å²) in [6.45, 7) is 5.74. The molecular weight excluding hydrogens is 290 g/mol. The minimum atomic E-state index is -0.225. The van der Waals surface area contributed by atoms with Crippen LogP contribution >= 0.6 is 0 Å². The predicted octanol–water partition coefficient (Wildman–Crippen LogP) is 3.29. The van der Waals surface area contributed by atoms with Crippen LogP contribution < -0.4 is 0 Å². The SMILES string of the molecule is C=C1C=C[C-]=C(c2ccc(C)cc2F)N1C.[Y]. The largest absolute Gasteiger partial charge is 0.379 e. The van der Waals surface area contributed by atoms with Gasteiger partial charge in [0.2, 0.25) is 0 Å². The molecule has 0 aromatic heterocycles. The van der Waals surface area contributed by atoms with Crippen LogP contribution in [0.1, 0.15) is 11.1 Å². The van der Waals surface area contributed by atoms with E-state index in [1.165, 1.54) is 6.07 Å². The first-order chi connectivity index (χ1) is 7.59. The molecule has 0 N–H and O–H groups in total. The van der Waals surface area contributed by atoms with Crippen molar-refractivity contribution in [3.8, 4) is 0 Å². The maximum absolute atomic E-state index is 13.8. The zero-order valence-electron chi connectivity index (χ0n) is 10.00. The third-order valence-corrected chi connectivity index (χ3v) is 2.64. The first kappa shape index (κ1) is 14.3. The van der Waals surface area contributed by atoms with Crippen LogP contribution in [0.4, 0.5) is 4.39 Å². The van der Waals surface area contributed by atoms with Crippen molar-refractivity contribution < 1.29 is 37.1 Å². The van der Waals surface area contributed by atoms with Crippen LogP contribution in [0, 0.1) is 18.8 Å². The van der Waals surface area contributed by atoms with Gasteiger partial charge < -0.3 is 4.90 Å². The monoisotopic (exact) mass is 303 g/mol. The summed E-state index contributed by atoms with van der Waals surface area (Å²) in [6.07, 6.45) is 6.64. The van der Waals surface area contributed by atoms with E-state index in [-0.39, 0.29) is 38.5 Å². The van der Waals surface area contributed by atoms with Gasteiger partial charge in [0, 0.05) is 39.8 Å². The fourth-order valence-corrected chi connectivity index (χ4v) is 1.64. The van der Waals surface area contributed by atoms with E-state index in [2.05, 4.69) is 12.7 Å². The maximum atomic E-state index is 13.8. The van der Waals surface area contributed by atoms with Gasteiger partial charge in [-0.25, -0.2) is 4.39 Å². The zero-order chi connectivity index (χ0) is 11.7. The molecule has 85 valence electrons. The van der Waals surface area contributed by atoms with Crippen molar-refractivity contribution in [3.05, 3.63) is 65.6 Å². The summed E-state index contributed by atoms with van der Waals surface area (Å²) in [5.74, 6) is -0.225. The Morgan fingerprint density at radius 2 is 2.06 bits per heavy atom. The molecule has 17 heavy (non-hydrogen) atoms. The Balaban J connectivity index is 0.00000144. The molecule has 0 aliphatic carbocycles. The van der Waals surface area contributed by atoms with Crippen molar-refractivity contribution in [2.24, 2.45) is 0 Å². The number of allylic oxidation sites excluding steroid dienone is 3. The van der Waals surface area contributed by atoms with E-state index in [0.29, 0.717) is 11.3 Å². The van der Waals surface area contributed by atoms with Crippen LogP contribution in [0.15, 0.2) is 42.6 Å². The van der Waals surface area contributed by atoms with Gasteiger partial charge in [0.05, 0.1) is 5.82 Å².